The van der Waals surface area contributed by atoms with E-state index in [4.69, 9.17) is 34.4 Å². The normalized spacial score (nSPS) is 13.6. The lowest BCUT2D eigenvalue weighted by atomic mass is 10.0. The van der Waals surface area contributed by atoms with Gasteiger partial charge in [-0.25, -0.2) is 0 Å². The summed E-state index contributed by atoms with van der Waals surface area (Å²) in [5.41, 5.74) is 32.2. The van der Waals surface area contributed by atoms with Crippen LogP contribution in [0.2, 0.25) is 0 Å². The molecule has 0 aromatic heterocycles. The van der Waals surface area contributed by atoms with Gasteiger partial charge in [0, 0.05) is 32.9 Å². The van der Waals surface area contributed by atoms with Crippen molar-refractivity contribution in [1.29, 1.82) is 0 Å². The number of nitrogens with zero attached hydrogens (tertiary/aromatic N) is 2. The number of primary amides is 2. The molecule has 27 heteroatoms. The van der Waals surface area contributed by atoms with E-state index in [-0.39, 0.29) is 62.9 Å². The van der Waals surface area contributed by atoms with Crippen molar-refractivity contribution < 1.29 is 58.2 Å². The lowest BCUT2D eigenvalue weighted by Crippen LogP contribution is -2.59. The van der Waals surface area contributed by atoms with Crippen LogP contribution in [0.1, 0.15) is 71.1 Å². The Labute approximate surface area is 349 Å². The van der Waals surface area contributed by atoms with Gasteiger partial charge in [-0.15, -0.1) is 0 Å². The van der Waals surface area contributed by atoms with Gasteiger partial charge < -0.3 is 76.5 Å². The number of carbonyl (C=O) groups is 10. The molecule has 20 N–H and O–H groups in total. The van der Waals surface area contributed by atoms with Crippen molar-refractivity contribution in [2.45, 2.75) is 107 Å². The molecule has 0 heterocycles. The largest absolute Gasteiger partial charge is 0.481 e. The van der Waals surface area contributed by atoms with Crippen molar-refractivity contribution in [2.24, 2.45) is 44.4 Å². The molecule has 0 fully saturated rings. The molecule has 338 valence electrons. The predicted octanol–water partition coefficient (Wildman–Crippen LogP) is -6.13. The van der Waals surface area contributed by atoms with E-state index in [0.29, 0.717) is 0 Å². The first-order chi connectivity index (χ1) is 28.1. The fourth-order valence-electron chi connectivity index (χ4n) is 5.15. The third-order valence-electron chi connectivity index (χ3n) is 8.09. The van der Waals surface area contributed by atoms with Gasteiger partial charge in [0.2, 0.25) is 47.3 Å². The van der Waals surface area contributed by atoms with E-state index in [1.807, 2.05) is 0 Å². The second-order valence-electron chi connectivity index (χ2n) is 13.2. The number of aliphatic imine (C=N–C) groups is 2. The summed E-state index contributed by atoms with van der Waals surface area (Å²) in [6, 6.07) is -8.89. The molecule has 0 radical (unpaired) electrons. The minimum atomic E-state index is -1.65. The molecule has 6 atom stereocenters. The Hall–Kier alpha value is -6.41. The number of nitrogens with one attached hydrogen (secondary N) is 6. The number of guanidine groups is 2. The van der Waals surface area contributed by atoms with Gasteiger partial charge in [-0.3, -0.25) is 57.9 Å². The molecular weight excluding hydrogens is 817 g/mol. The van der Waals surface area contributed by atoms with Gasteiger partial charge in [0.1, 0.15) is 36.3 Å². The van der Waals surface area contributed by atoms with E-state index >= 15 is 0 Å². The number of hydrogen-bond donors (Lipinski definition) is 14. The van der Waals surface area contributed by atoms with Gasteiger partial charge in [-0.2, -0.15) is 11.8 Å². The highest BCUT2D eigenvalue weighted by Crippen LogP contribution is 2.09. The maximum Gasteiger partial charge on any atom is 0.305 e. The zero-order valence-electron chi connectivity index (χ0n) is 33.4. The summed E-state index contributed by atoms with van der Waals surface area (Å²) >= 11 is 1.26. The topological polar surface area (TPSA) is 464 Å². The minimum absolute atomic E-state index is 0.0199. The predicted molar refractivity (Wildman–Crippen MR) is 217 cm³/mol. The SMILES string of the molecule is CSCC[C@H](NC(=O)[C@H](CCC(=O)O)NC(=O)[C@H](CC(=O)O)NC(C)=O)C(=O)N[C@@H](CCC(N)=O)C(=O)N[C@@H](CCCN=C(N)N)C(=O)N[C@@H](CCCN=C(N)N)C(N)=O. The van der Waals surface area contributed by atoms with Crippen LogP contribution >= 0.6 is 11.8 Å². The highest BCUT2D eigenvalue weighted by molar-refractivity contribution is 7.98. The second-order valence-corrected chi connectivity index (χ2v) is 14.2. The average molecular weight is 875 g/mol. The quantitative estimate of drug-likeness (QED) is 0.0175. The molecule has 26 nitrogen and oxygen atoms in total. The minimum Gasteiger partial charge on any atom is -0.481 e. The number of carbonyl (C=O) groups excluding carboxylic acids is 8. The average Bonchev–Trinajstić information content (AvgIpc) is 3.14. The molecule has 0 aliphatic rings. The van der Waals surface area contributed by atoms with Crippen LogP contribution in [-0.4, -0.2) is 143 Å². The van der Waals surface area contributed by atoms with Crippen molar-refractivity contribution in [3.05, 3.63) is 0 Å². The molecule has 0 aromatic carbocycles. The van der Waals surface area contributed by atoms with E-state index < -0.39 is 128 Å². The van der Waals surface area contributed by atoms with Crippen molar-refractivity contribution in [3.63, 3.8) is 0 Å². The summed E-state index contributed by atoms with van der Waals surface area (Å²) in [6.45, 7) is 1.16. The highest BCUT2D eigenvalue weighted by atomic mass is 32.2. The third kappa shape index (κ3) is 24.4. The summed E-state index contributed by atoms with van der Waals surface area (Å²) in [5.74, 6) is -10.6. The third-order valence-corrected chi connectivity index (χ3v) is 8.74. The first kappa shape index (κ1) is 53.6. The molecule has 0 aromatic rings. The van der Waals surface area contributed by atoms with Crippen LogP contribution in [0.3, 0.4) is 0 Å². The maximum absolute atomic E-state index is 13.8. The Morgan fingerprint density at radius 3 is 1.27 bits per heavy atom. The Bertz CT molecular complexity index is 1570. The van der Waals surface area contributed by atoms with Crippen LogP contribution in [0.5, 0.6) is 0 Å². The molecule has 0 unspecified atom stereocenters. The van der Waals surface area contributed by atoms with Crippen LogP contribution in [0.15, 0.2) is 9.98 Å². The number of rotatable bonds is 31. The van der Waals surface area contributed by atoms with Crippen molar-refractivity contribution in [3.8, 4) is 0 Å². The molecule has 0 aliphatic heterocycles. The Kier molecular flexibility index (Phi) is 25.8. The number of hydrogen-bond acceptors (Lipinski definition) is 13. The molecule has 0 saturated carbocycles. The van der Waals surface area contributed by atoms with Crippen molar-refractivity contribution >= 4 is 82.9 Å². The number of carboxylic acids is 2. The number of carboxylic acid groups (broad SMARTS) is 2. The van der Waals surface area contributed by atoms with E-state index in [9.17, 15) is 58.2 Å². The molecule has 0 aliphatic carbocycles. The number of aliphatic carboxylic acids is 2. The smallest absolute Gasteiger partial charge is 0.305 e. The standard InChI is InChI=1S/C33H58N14O12S/c1-16(48)42-22(15-25(52)53)31(59)46-20(8-10-24(50)51)29(57)47-21(11-14-60-2)30(58)45-19(7-9-23(34)49)28(56)44-18(6-4-13-41-33(38)39)27(55)43-17(26(35)54)5-3-12-40-32(36)37/h17-22H,3-15H2,1-2H3,(H2,34,49)(H2,35,54)(H,42,48)(H,43,55)(H,44,56)(H,45,58)(H,46,59)(H,47,57)(H,50,51)(H,52,53)(H4,36,37,40)(H4,38,39,41)/t17-,18-,19-,20-,21-,22-/m0/s1. The first-order valence-corrected chi connectivity index (χ1v) is 19.9. The summed E-state index contributed by atoms with van der Waals surface area (Å²) in [5, 5.41) is 32.6. The number of thioether (sulfide) groups is 1. The Morgan fingerprint density at radius 2 is 0.900 bits per heavy atom. The van der Waals surface area contributed by atoms with Gasteiger partial charge >= 0.3 is 11.9 Å². The van der Waals surface area contributed by atoms with E-state index in [2.05, 4.69) is 41.9 Å². The number of nitrogens with two attached hydrogens (primary N) is 6. The van der Waals surface area contributed by atoms with Crippen LogP contribution < -0.4 is 66.3 Å². The van der Waals surface area contributed by atoms with Gasteiger partial charge in [-0.1, -0.05) is 0 Å². The Balaban J connectivity index is 6.51. The monoisotopic (exact) mass is 874 g/mol. The van der Waals surface area contributed by atoms with E-state index in [0.717, 1.165) is 6.92 Å². The van der Waals surface area contributed by atoms with E-state index in [1.54, 1.807) is 6.26 Å². The van der Waals surface area contributed by atoms with Gasteiger partial charge in [0.05, 0.1) is 6.42 Å². The number of amides is 8. The fourth-order valence-corrected chi connectivity index (χ4v) is 5.62. The molecule has 8 amide bonds. The Morgan fingerprint density at radius 1 is 0.517 bits per heavy atom. The van der Waals surface area contributed by atoms with Gasteiger partial charge in [-0.05, 0) is 57.0 Å². The molecule has 60 heavy (non-hydrogen) atoms. The van der Waals surface area contributed by atoms with Crippen molar-refractivity contribution in [1.82, 2.24) is 31.9 Å². The molecule has 0 spiro atoms. The van der Waals surface area contributed by atoms with E-state index in [1.165, 1.54) is 11.8 Å². The molecular formula is C33H58N14O12S. The second kappa shape index (κ2) is 28.9. The van der Waals surface area contributed by atoms with Gasteiger partial charge in [0.15, 0.2) is 11.9 Å². The van der Waals surface area contributed by atoms with Crippen LogP contribution in [0.25, 0.3) is 0 Å². The molecule has 0 bridgehead atoms. The fraction of sp³-hybridized carbons (Fsp3) is 0.636. The zero-order chi connectivity index (χ0) is 45.9. The zero-order valence-corrected chi connectivity index (χ0v) is 34.2. The highest BCUT2D eigenvalue weighted by Gasteiger charge is 2.33. The summed E-state index contributed by atoms with van der Waals surface area (Å²) in [6.07, 6.45) is -0.990. The lowest BCUT2D eigenvalue weighted by Gasteiger charge is -2.27. The van der Waals surface area contributed by atoms with Crippen LogP contribution in [0, 0.1) is 0 Å². The lowest BCUT2D eigenvalue weighted by molar-refractivity contribution is -0.141. The van der Waals surface area contributed by atoms with Crippen molar-refractivity contribution in [2.75, 3.05) is 25.1 Å². The van der Waals surface area contributed by atoms with Crippen LogP contribution in [0.4, 0.5) is 0 Å². The first-order valence-electron chi connectivity index (χ1n) is 18.5. The maximum atomic E-state index is 13.8. The molecule has 0 saturated heterocycles. The van der Waals surface area contributed by atoms with Crippen LogP contribution in [-0.2, 0) is 47.9 Å². The summed E-state index contributed by atoms with van der Waals surface area (Å²) in [4.78, 5) is 133. The summed E-state index contributed by atoms with van der Waals surface area (Å²) < 4.78 is 0. The molecule has 0 rings (SSSR count). The van der Waals surface area contributed by atoms with Gasteiger partial charge in [0.25, 0.3) is 0 Å². The summed E-state index contributed by atoms with van der Waals surface area (Å²) in [7, 11) is 0.